The average Bonchev–Trinajstić information content (AvgIpc) is 2.74. The molecule has 2 aliphatic heterocycles. The Morgan fingerprint density at radius 2 is 1.24 bits per heavy atom. The van der Waals surface area contributed by atoms with Gasteiger partial charge in [-0.1, -0.05) is 32.1 Å². The van der Waals surface area contributed by atoms with Crippen molar-refractivity contribution in [3.05, 3.63) is 0 Å². The number of carbonyl (C=O) groups excluding carboxylic acids is 1. The molecule has 4 nitrogen and oxygen atoms in total. The Morgan fingerprint density at radius 3 is 1.83 bits per heavy atom. The summed E-state index contributed by atoms with van der Waals surface area (Å²) in [6, 6.07) is 0.491. The van der Waals surface area contributed by atoms with Gasteiger partial charge in [0.2, 0.25) is 0 Å². The number of carbonyl (C=O) groups is 1. The van der Waals surface area contributed by atoms with Crippen LogP contribution in [0, 0.1) is 11.8 Å². The van der Waals surface area contributed by atoms with Crippen LogP contribution in [0.1, 0.15) is 89.9 Å². The number of ketones is 1. The Bertz CT molecular complexity index is 449. The SMILES string of the molecule is Cl.NC1CCCCC1CN1CCCCC1.O=C1CCCCC1CN1CCCCC1. The molecule has 2 aliphatic carbocycles. The van der Waals surface area contributed by atoms with Gasteiger partial charge in [0, 0.05) is 31.5 Å². The van der Waals surface area contributed by atoms with E-state index in [0.717, 1.165) is 31.7 Å². The Morgan fingerprint density at radius 1 is 0.690 bits per heavy atom. The van der Waals surface area contributed by atoms with Crippen molar-refractivity contribution in [3.8, 4) is 0 Å². The first-order valence-corrected chi connectivity index (χ1v) is 12.5. The number of nitrogens with zero attached hydrogens (tertiary/aromatic N) is 2. The van der Waals surface area contributed by atoms with E-state index in [4.69, 9.17) is 5.73 Å². The second-order valence-corrected chi connectivity index (χ2v) is 9.84. The third-order valence-electron chi connectivity index (χ3n) is 7.52. The number of piperidine rings is 2. The van der Waals surface area contributed by atoms with Crippen LogP contribution in [-0.2, 0) is 4.79 Å². The van der Waals surface area contributed by atoms with Gasteiger partial charge in [-0.3, -0.25) is 4.79 Å². The van der Waals surface area contributed by atoms with Gasteiger partial charge in [0.05, 0.1) is 0 Å². The van der Waals surface area contributed by atoms with E-state index in [1.54, 1.807) is 0 Å². The molecule has 29 heavy (non-hydrogen) atoms. The topological polar surface area (TPSA) is 49.6 Å². The zero-order chi connectivity index (χ0) is 19.6. The molecule has 2 saturated carbocycles. The van der Waals surface area contributed by atoms with Gasteiger partial charge >= 0.3 is 0 Å². The van der Waals surface area contributed by atoms with Crippen molar-refractivity contribution >= 4 is 18.2 Å². The maximum Gasteiger partial charge on any atom is 0.137 e. The first kappa shape index (κ1) is 25.1. The van der Waals surface area contributed by atoms with Crippen LogP contribution in [0.5, 0.6) is 0 Å². The number of halogens is 1. The zero-order valence-corrected chi connectivity index (χ0v) is 19.5. The third-order valence-corrected chi connectivity index (χ3v) is 7.52. The van der Waals surface area contributed by atoms with Crippen LogP contribution in [0.4, 0.5) is 0 Å². The van der Waals surface area contributed by atoms with E-state index in [1.165, 1.54) is 103 Å². The summed E-state index contributed by atoms with van der Waals surface area (Å²) in [5.41, 5.74) is 6.17. The second kappa shape index (κ2) is 14.0. The van der Waals surface area contributed by atoms with Gasteiger partial charge < -0.3 is 15.5 Å². The van der Waals surface area contributed by atoms with Crippen molar-refractivity contribution in [2.75, 3.05) is 39.3 Å². The highest BCUT2D eigenvalue weighted by Crippen LogP contribution is 2.25. The van der Waals surface area contributed by atoms with E-state index in [1.807, 2.05) is 0 Å². The van der Waals surface area contributed by atoms with Gasteiger partial charge in [-0.05, 0) is 83.5 Å². The molecule has 0 bridgehead atoms. The molecule has 0 aromatic heterocycles. The lowest BCUT2D eigenvalue weighted by Crippen LogP contribution is -2.42. The number of rotatable bonds is 4. The largest absolute Gasteiger partial charge is 0.327 e. The second-order valence-electron chi connectivity index (χ2n) is 9.84. The molecule has 5 heteroatoms. The predicted molar refractivity (Wildman–Crippen MR) is 125 cm³/mol. The van der Waals surface area contributed by atoms with E-state index in [-0.39, 0.29) is 12.4 Å². The van der Waals surface area contributed by atoms with Crippen LogP contribution in [-0.4, -0.2) is 60.9 Å². The summed E-state index contributed by atoms with van der Waals surface area (Å²) in [7, 11) is 0. The van der Waals surface area contributed by atoms with E-state index in [0.29, 0.717) is 17.7 Å². The fraction of sp³-hybridized carbons (Fsp3) is 0.958. The highest BCUT2D eigenvalue weighted by atomic mass is 35.5. The minimum absolute atomic E-state index is 0. The van der Waals surface area contributed by atoms with E-state index >= 15 is 0 Å². The van der Waals surface area contributed by atoms with Crippen LogP contribution < -0.4 is 5.73 Å². The lowest BCUT2D eigenvalue weighted by Gasteiger charge is -2.35. The summed E-state index contributed by atoms with van der Waals surface area (Å²) >= 11 is 0. The van der Waals surface area contributed by atoms with Gasteiger partial charge in [0.15, 0.2) is 0 Å². The molecule has 0 amide bonds. The number of Topliss-reactive ketones (excluding diaryl/α,β-unsaturated/α-hetero) is 1. The average molecular weight is 428 g/mol. The highest BCUT2D eigenvalue weighted by molar-refractivity contribution is 5.85. The van der Waals surface area contributed by atoms with Crippen molar-refractivity contribution in [3.63, 3.8) is 0 Å². The maximum absolute atomic E-state index is 11.6. The molecule has 0 radical (unpaired) electrons. The quantitative estimate of drug-likeness (QED) is 0.709. The van der Waals surface area contributed by atoms with Gasteiger partial charge in [-0.2, -0.15) is 0 Å². The molecule has 2 N–H and O–H groups in total. The third kappa shape index (κ3) is 8.85. The lowest BCUT2D eigenvalue weighted by molar-refractivity contribution is -0.125. The lowest BCUT2D eigenvalue weighted by atomic mass is 9.84. The normalized spacial score (nSPS) is 32.0. The Kier molecular flexibility index (Phi) is 12.1. The molecule has 2 saturated heterocycles. The zero-order valence-electron chi connectivity index (χ0n) is 18.7. The Hall–Kier alpha value is -0.160. The summed E-state index contributed by atoms with van der Waals surface area (Å²) < 4.78 is 0. The number of nitrogens with two attached hydrogens (primary N) is 1. The van der Waals surface area contributed by atoms with Crippen molar-refractivity contribution in [1.82, 2.24) is 9.80 Å². The molecule has 170 valence electrons. The summed E-state index contributed by atoms with van der Waals surface area (Å²) in [5, 5.41) is 0. The Labute approximate surface area is 185 Å². The molecule has 0 aromatic rings. The summed E-state index contributed by atoms with van der Waals surface area (Å²) in [5.74, 6) is 1.70. The first-order valence-electron chi connectivity index (χ1n) is 12.5. The molecule has 4 fully saturated rings. The number of hydrogen-bond acceptors (Lipinski definition) is 4. The van der Waals surface area contributed by atoms with Gasteiger partial charge in [0.25, 0.3) is 0 Å². The molecular formula is C24H46ClN3O. The van der Waals surface area contributed by atoms with Gasteiger partial charge in [0.1, 0.15) is 5.78 Å². The van der Waals surface area contributed by atoms with E-state index < -0.39 is 0 Å². The summed E-state index contributed by atoms with van der Waals surface area (Å²) in [6.45, 7) is 7.43. The van der Waals surface area contributed by atoms with Crippen LogP contribution in [0.15, 0.2) is 0 Å². The molecule has 0 aromatic carbocycles. The van der Waals surface area contributed by atoms with E-state index in [9.17, 15) is 4.79 Å². The fourth-order valence-electron chi connectivity index (χ4n) is 5.64. The first-order chi connectivity index (χ1) is 13.7. The van der Waals surface area contributed by atoms with Crippen molar-refractivity contribution in [2.45, 2.75) is 95.9 Å². The molecule has 3 unspecified atom stereocenters. The van der Waals surface area contributed by atoms with Crippen LogP contribution in [0.3, 0.4) is 0 Å². The van der Waals surface area contributed by atoms with Crippen molar-refractivity contribution < 1.29 is 4.79 Å². The van der Waals surface area contributed by atoms with Crippen molar-refractivity contribution in [2.24, 2.45) is 17.6 Å². The predicted octanol–water partition coefficient (Wildman–Crippen LogP) is 4.64. The molecule has 4 rings (SSSR count). The van der Waals surface area contributed by atoms with Crippen molar-refractivity contribution in [1.29, 1.82) is 0 Å². The molecule has 3 atom stereocenters. The highest BCUT2D eigenvalue weighted by Gasteiger charge is 2.25. The maximum atomic E-state index is 11.6. The van der Waals surface area contributed by atoms with Crippen LogP contribution >= 0.6 is 12.4 Å². The number of likely N-dealkylation sites (tertiary alicyclic amines) is 2. The summed E-state index contributed by atoms with van der Waals surface area (Å²) in [6.07, 6.45) is 18.1. The minimum atomic E-state index is 0. The van der Waals surface area contributed by atoms with Crippen LogP contribution in [0.2, 0.25) is 0 Å². The smallest absolute Gasteiger partial charge is 0.137 e. The molecular weight excluding hydrogens is 382 g/mol. The van der Waals surface area contributed by atoms with E-state index in [2.05, 4.69) is 9.80 Å². The van der Waals surface area contributed by atoms with Gasteiger partial charge in [-0.15, -0.1) is 12.4 Å². The molecule has 0 spiro atoms. The minimum Gasteiger partial charge on any atom is -0.327 e. The monoisotopic (exact) mass is 427 g/mol. The summed E-state index contributed by atoms with van der Waals surface area (Å²) in [4.78, 5) is 16.8. The standard InChI is InChI=1S/C12H24N2.C12H21NO.ClH/c13-12-7-3-2-6-11(12)10-14-8-4-1-5-9-14;14-12-7-3-2-6-11(12)10-13-8-4-1-5-9-13;/h11-12H,1-10,13H2;11H,1-10H2;1H. The van der Waals surface area contributed by atoms with Gasteiger partial charge in [-0.25, -0.2) is 0 Å². The molecule has 4 aliphatic rings. The number of hydrogen-bond donors (Lipinski definition) is 1. The van der Waals surface area contributed by atoms with Crippen LogP contribution in [0.25, 0.3) is 0 Å². The fourth-order valence-corrected chi connectivity index (χ4v) is 5.64. The Balaban J connectivity index is 0.000000200. The molecule has 2 heterocycles.